The molecule has 0 aliphatic carbocycles. The van der Waals surface area contributed by atoms with Gasteiger partial charge in [0.2, 0.25) is 0 Å². The lowest BCUT2D eigenvalue weighted by molar-refractivity contribution is -0.146. The van der Waals surface area contributed by atoms with Gasteiger partial charge in [0.15, 0.2) is 5.76 Å². The van der Waals surface area contributed by atoms with E-state index in [0.717, 1.165) is 5.56 Å². The van der Waals surface area contributed by atoms with Gasteiger partial charge in [-0.3, -0.25) is 14.4 Å². The Labute approximate surface area is 156 Å². The molecule has 27 heavy (non-hydrogen) atoms. The van der Waals surface area contributed by atoms with Gasteiger partial charge in [-0.25, -0.2) is 0 Å². The molecule has 1 N–H and O–H groups in total. The number of carbonyl (C=O) groups is 3. The Kier molecular flexibility index (Phi) is 5.75. The van der Waals surface area contributed by atoms with Crippen molar-refractivity contribution in [1.29, 1.82) is 0 Å². The Morgan fingerprint density at radius 3 is 2.41 bits per heavy atom. The van der Waals surface area contributed by atoms with Crippen LogP contribution in [-0.2, 0) is 16.1 Å². The van der Waals surface area contributed by atoms with Crippen LogP contribution in [0.3, 0.4) is 0 Å². The van der Waals surface area contributed by atoms with Crippen LogP contribution in [0.4, 0.5) is 0 Å². The summed E-state index contributed by atoms with van der Waals surface area (Å²) in [6.45, 7) is 1.50. The van der Waals surface area contributed by atoms with Crippen LogP contribution in [0.2, 0.25) is 0 Å². The highest BCUT2D eigenvalue weighted by Crippen LogP contribution is 2.16. The summed E-state index contributed by atoms with van der Waals surface area (Å²) in [5, 5.41) is 2.62. The zero-order chi connectivity index (χ0) is 19.2. The van der Waals surface area contributed by atoms with Gasteiger partial charge in [0.05, 0.1) is 13.4 Å². The monoisotopic (exact) mass is 371 g/mol. The van der Waals surface area contributed by atoms with Gasteiger partial charge in [0, 0.05) is 38.3 Å². The SMILES string of the molecule is COc1ccccc1CNC(=O)C(=O)N1CCN(C(=O)c2ccco2)CC1. The summed E-state index contributed by atoms with van der Waals surface area (Å²) in [6.07, 6.45) is 1.44. The van der Waals surface area contributed by atoms with Gasteiger partial charge in [-0.15, -0.1) is 0 Å². The molecule has 1 aromatic heterocycles. The highest BCUT2D eigenvalue weighted by molar-refractivity contribution is 6.35. The van der Waals surface area contributed by atoms with E-state index in [-0.39, 0.29) is 18.2 Å². The zero-order valence-electron chi connectivity index (χ0n) is 15.0. The predicted molar refractivity (Wildman–Crippen MR) is 96.0 cm³/mol. The molecule has 1 aromatic carbocycles. The third kappa shape index (κ3) is 4.28. The van der Waals surface area contributed by atoms with E-state index in [2.05, 4.69) is 5.32 Å². The molecule has 1 fully saturated rings. The molecule has 2 heterocycles. The maximum atomic E-state index is 12.3. The van der Waals surface area contributed by atoms with Gasteiger partial charge < -0.3 is 24.3 Å². The van der Waals surface area contributed by atoms with Crippen LogP contribution < -0.4 is 10.1 Å². The van der Waals surface area contributed by atoms with Crippen LogP contribution in [0.25, 0.3) is 0 Å². The van der Waals surface area contributed by atoms with E-state index in [9.17, 15) is 14.4 Å². The first-order chi connectivity index (χ1) is 13.1. The van der Waals surface area contributed by atoms with Crippen molar-refractivity contribution in [2.24, 2.45) is 0 Å². The summed E-state index contributed by atoms with van der Waals surface area (Å²) in [4.78, 5) is 39.8. The van der Waals surface area contributed by atoms with Crippen molar-refractivity contribution in [2.45, 2.75) is 6.54 Å². The number of nitrogens with zero attached hydrogens (tertiary/aromatic N) is 2. The molecular formula is C19H21N3O5. The van der Waals surface area contributed by atoms with Crippen LogP contribution in [0.15, 0.2) is 47.1 Å². The standard InChI is InChI=1S/C19H21N3O5/c1-26-15-6-3-2-5-14(15)13-20-17(23)19(25)22-10-8-21(9-11-22)18(24)16-7-4-12-27-16/h2-7,12H,8-11,13H2,1H3,(H,20,23). The molecule has 3 rings (SSSR count). The Bertz CT molecular complexity index is 811. The normalized spacial score (nSPS) is 14.0. The molecule has 1 aliphatic heterocycles. The molecule has 8 heteroatoms. The van der Waals surface area contributed by atoms with Crippen molar-refractivity contribution in [1.82, 2.24) is 15.1 Å². The number of amides is 3. The van der Waals surface area contributed by atoms with E-state index in [1.54, 1.807) is 30.2 Å². The predicted octanol–water partition coefficient (Wildman–Crippen LogP) is 0.889. The molecule has 142 valence electrons. The lowest BCUT2D eigenvalue weighted by Gasteiger charge is -2.33. The van der Waals surface area contributed by atoms with Crippen molar-refractivity contribution in [3.8, 4) is 5.75 Å². The van der Waals surface area contributed by atoms with Crippen molar-refractivity contribution in [3.05, 3.63) is 54.0 Å². The molecule has 2 aromatic rings. The minimum atomic E-state index is -0.674. The molecule has 3 amide bonds. The highest BCUT2D eigenvalue weighted by Gasteiger charge is 2.29. The van der Waals surface area contributed by atoms with Crippen molar-refractivity contribution in [3.63, 3.8) is 0 Å². The van der Waals surface area contributed by atoms with E-state index in [1.807, 2.05) is 18.2 Å². The molecule has 0 unspecified atom stereocenters. The third-order valence-corrected chi connectivity index (χ3v) is 4.41. The first kappa shape index (κ1) is 18.5. The molecule has 0 radical (unpaired) electrons. The quantitative estimate of drug-likeness (QED) is 0.806. The molecule has 1 saturated heterocycles. The number of carbonyl (C=O) groups excluding carboxylic acids is 3. The average molecular weight is 371 g/mol. The number of hydrogen-bond donors (Lipinski definition) is 1. The molecular weight excluding hydrogens is 350 g/mol. The molecule has 0 spiro atoms. The van der Waals surface area contributed by atoms with Gasteiger partial charge in [-0.05, 0) is 18.2 Å². The fourth-order valence-electron chi connectivity index (χ4n) is 2.91. The minimum Gasteiger partial charge on any atom is -0.496 e. The Morgan fingerprint density at radius 1 is 1.04 bits per heavy atom. The highest BCUT2D eigenvalue weighted by atomic mass is 16.5. The van der Waals surface area contributed by atoms with E-state index in [4.69, 9.17) is 9.15 Å². The van der Waals surface area contributed by atoms with E-state index in [0.29, 0.717) is 31.9 Å². The lowest BCUT2D eigenvalue weighted by atomic mass is 10.2. The number of para-hydroxylation sites is 1. The number of benzene rings is 1. The fourth-order valence-corrected chi connectivity index (χ4v) is 2.91. The van der Waals surface area contributed by atoms with Crippen LogP contribution in [-0.4, -0.2) is 60.8 Å². The van der Waals surface area contributed by atoms with Crippen molar-refractivity contribution in [2.75, 3.05) is 33.3 Å². The Morgan fingerprint density at radius 2 is 1.74 bits per heavy atom. The van der Waals surface area contributed by atoms with Crippen molar-refractivity contribution < 1.29 is 23.5 Å². The summed E-state index contributed by atoms with van der Waals surface area (Å²) in [5.41, 5.74) is 0.787. The first-order valence-corrected chi connectivity index (χ1v) is 8.62. The second kappa shape index (κ2) is 8.39. The molecule has 0 bridgehead atoms. The van der Waals surface area contributed by atoms with E-state index >= 15 is 0 Å². The number of furan rings is 1. The van der Waals surface area contributed by atoms with Crippen LogP contribution >= 0.6 is 0 Å². The number of nitrogens with one attached hydrogen (secondary N) is 1. The largest absolute Gasteiger partial charge is 0.496 e. The lowest BCUT2D eigenvalue weighted by Crippen LogP contribution is -2.53. The van der Waals surface area contributed by atoms with Gasteiger partial charge in [0.25, 0.3) is 5.91 Å². The van der Waals surface area contributed by atoms with Crippen LogP contribution in [0, 0.1) is 0 Å². The second-order valence-electron chi connectivity index (χ2n) is 6.06. The molecule has 0 saturated carbocycles. The smallest absolute Gasteiger partial charge is 0.312 e. The number of methoxy groups -OCH3 is 1. The Balaban J connectivity index is 1.50. The summed E-state index contributed by atoms with van der Waals surface area (Å²) >= 11 is 0. The van der Waals surface area contributed by atoms with Gasteiger partial charge in [-0.1, -0.05) is 18.2 Å². The van der Waals surface area contributed by atoms with Crippen molar-refractivity contribution >= 4 is 17.7 Å². The second-order valence-corrected chi connectivity index (χ2v) is 6.06. The summed E-state index contributed by atoms with van der Waals surface area (Å²) in [7, 11) is 1.55. The summed E-state index contributed by atoms with van der Waals surface area (Å²) in [6, 6.07) is 10.5. The van der Waals surface area contributed by atoms with Crippen LogP contribution in [0.5, 0.6) is 5.75 Å². The topological polar surface area (TPSA) is 92.1 Å². The van der Waals surface area contributed by atoms with E-state index < -0.39 is 11.8 Å². The van der Waals surface area contributed by atoms with Gasteiger partial charge in [-0.2, -0.15) is 0 Å². The van der Waals surface area contributed by atoms with Gasteiger partial charge >= 0.3 is 11.8 Å². The fraction of sp³-hybridized carbons (Fsp3) is 0.316. The first-order valence-electron chi connectivity index (χ1n) is 8.62. The summed E-state index contributed by atoms with van der Waals surface area (Å²) in [5.74, 6) is -0.575. The number of piperazine rings is 1. The van der Waals surface area contributed by atoms with Gasteiger partial charge in [0.1, 0.15) is 5.75 Å². The zero-order valence-corrected chi connectivity index (χ0v) is 15.0. The maximum absolute atomic E-state index is 12.3. The number of ether oxygens (including phenoxy) is 1. The van der Waals surface area contributed by atoms with Crippen LogP contribution in [0.1, 0.15) is 16.1 Å². The number of hydrogen-bond acceptors (Lipinski definition) is 5. The molecule has 0 atom stereocenters. The average Bonchev–Trinajstić information content (AvgIpc) is 3.26. The molecule has 1 aliphatic rings. The minimum absolute atomic E-state index is 0.200. The third-order valence-electron chi connectivity index (χ3n) is 4.41. The van der Waals surface area contributed by atoms with E-state index in [1.165, 1.54) is 11.2 Å². The number of rotatable bonds is 4. The maximum Gasteiger partial charge on any atom is 0.312 e. The summed E-state index contributed by atoms with van der Waals surface area (Å²) < 4.78 is 10.3. The Hall–Kier alpha value is -3.29. The molecule has 8 nitrogen and oxygen atoms in total.